The molecular weight excluding hydrogens is 416 g/mol. The van der Waals surface area contributed by atoms with Crippen LogP contribution in [0.1, 0.15) is 5.56 Å². The number of halogens is 1. The number of thioether (sulfide) groups is 1. The quantitative estimate of drug-likeness (QED) is 0.656. The summed E-state index contributed by atoms with van der Waals surface area (Å²) in [6.07, 6.45) is 1.82. The van der Waals surface area contributed by atoms with E-state index >= 15 is 0 Å². The molecule has 0 spiro atoms. The average Bonchev–Trinajstić information content (AvgIpc) is 2.90. The summed E-state index contributed by atoms with van der Waals surface area (Å²) in [7, 11) is 4.95. The maximum atomic E-state index is 12.6. The van der Waals surface area contributed by atoms with Crippen LogP contribution < -0.4 is 9.47 Å². The third-order valence-electron chi connectivity index (χ3n) is 3.78. The van der Waals surface area contributed by atoms with Gasteiger partial charge >= 0.3 is 0 Å². The lowest BCUT2D eigenvalue weighted by molar-refractivity contribution is -0.121. The molecule has 0 saturated carbocycles. The van der Waals surface area contributed by atoms with Gasteiger partial charge < -0.3 is 9.47 Å². The highest BCUT2D eigenvalue weighted by atomic mass is 79.9. The summed E-state index contributed by atoms with van der Waals surface area (Å²) in [4.78, 5) is 19.3. The van der Waals surface area contributed by atoms with Crippen LogP contribution in [0.25, 0.3) is 6.08 Å². The van der Waals surface area contributed by atoms with E-state index in [-0.39, 0.29) is 5.91 Å². The summed E-state index contributed by atoms with van der Waals surface area (Å²) in [5.41, 5.74) is 1.59. The number of carbonyl (C=O) groups is 1. The Morgan fingerprint density at radius 1 is 1.12 bits per heavy atom. The highest BCUT2D eigenvalue weighted by molar-refractivity contribution is 9.10. The van der Waals surface area contributed by atoms with Gasteiger partial charge in [-0.05, 0) is 60.3 Å². The Hall–Kier alpha value is -2.25. The fourth-order valence-electron chi connectivity index (χ4n) is 2.38. The van der Waals surface area contributed by atoms with Crippen LogP contribution in [0.3, 0.4) is 0 Å². The van der Waals surface area contributed by atoms with Gasteiger partial charge in [-0.15, -0.1) is 0 Å². The standard InChI is InChI=1S/C19H17BrN2O3S/c1-22-18(23)17(11-12-10-13(20)4-9-16(12)25-3)26-19(22)21-14-5-7-15(24-2)8-6-14/h4-11H,1-3H3/b17-11-,21-19?. The fraction of sp³-hybridized carbons (Fsp3) is 0.158. The van der Waals surface area contributed by atoms with Crippen molar-refractivity contribution in [2.24, 2.45) is 4.99 Å². The third-order valence-corrected chi connectivity index (χ3v) is 5.33. The summed E-state index contributed by atoms with van der Waals surface area (Å²) < 4.78 is 11.4. The van der Waals surface area contributed by atoms with Crippen LogP contribution in [0, 0.1) is 0 Å². The number of likely N-dealkylation sites (N-methyl/N-ethyl adjacent to an activating group) is 1. The summed E-state index contributed by atoms with van der Waals surface area (Å²) >= 11 is 4.79. The maximum Gasteiger partial charge on any atom is 0.266 e. The van der Waals surface area contributed by atoms with E-state index in [1.165, 1.54) is 11.8 Å². The smallest absolute Gasteiger partial charge is 0.266 e. The van der Waals surface area contributed by atoms with Gasteiger partial charge in [0.1, 0.15) is 11.5 Å². The van der Waals surface area contributed by atoms with E-state index in [9.17, 15) is 4.79 Å². The van der Waals surface area contributed by atoms with Crippen molar-refractivity contribution in [2.75, 3.05) is 21.3 Å². The molecule has 1 heterocycles. The molecule has 7 heteroatoms. The number of carbonyl (C=O) groups excluding carboxylic acids is 1. The lowest BCUT2D eigenvalue weighted by Gasteiger charge is -2.07. The van der Waals surface area contributed by atoms with Crippen LogP contribution in [0.5, 0.6) is 11.5 Å². The normalized spacial score (nSPS) is 17.2. The molecule has 3 rings (SSSR count). The zero-order chi connectivity index (χ0) is 18.7. The van der Waals surface area contributed by atoms with Crippen LogP contribution in [-0.2, 0) is 4.79 Å². The number of ether oxygens (including phenoxy) is 2. The van der Waals surface area contributed by atoms with Gasteiger partial charge in [-0.25, -0.2) is 4.99 Å². The molecule has 1 aliphatic heterocycles. The van der Waals surface area contributed by atoms with Gasteiger partial charge in [-0.2, -0.15) is 0 Å². The predicted molar refractivity (Wildman–Crippen MR) is 109 cm³/mol. The van der Waals surface area contributed by atoms with Crippen molar-refractivity contribution < 1.29 is 14.3 Å². The van der Waals surface area contributed by atoms with Crippen molar-refractivity contribution in [3.8, 4) is 11.5 Å². The number of amides is 1. The van der Waals surface area contributed by atoms with Crippen LogP contribution in [0.4, 0.5) is 5.69 Å². The topological polar surface area (TPSA) is 51.1 Å². The lowest BCUT2D eigenvalue weighted by atomic mass is 10.2. The first-order valence-electron chi connectivity index (χ1n) is 7.75. The van der Waals surface area contributed by atoms with Gasteiger partial charge in [-0.1, -0.05) is 15.9 Å². The van der Waals surface area contributed by atoms with Gasteiger partial charge in [0.2, 0.25) is 0 Å². The van der Waals surface area contributed by atoms with Crippen molar-refractivity contribution in [1.82, 2.24) is 4.90 Å². The molecule has 0 aliphatic carbocycles. The molecule has 2 aromatic rings. The van der Waals surface area contributed by atoms with E-state index in [4.69, 9.17) is 9.47 Å². The molecule has 0 unspecified atom stereocenters. The largest absolute Gasteiger partial charge is 0.497 e. The molecule has 1 aliphatic rings. The van der Waals surface area contributed by atoms with E-state index in [2.05, 4.69) is 20.9 Å². The Kier molecular flexibility index (Phi) is 5.68. The monoisotopic (exact) mass is 432 g/mol. The molecule has 0 bridgehead atoms. The molecule has 134 valence electrons. The molecule has 26 heavy (non-hydrogen) atoms. The molecule has 5 nitrogen and oxygen atoms in total. The number of hydrogen-bond donors (Lipinski definition) is 0. The minimum atomic E-state index is -0.0932. The first-order valence-corrected chi connectivity index (χ1v) is 9.36. The zero-order valence-corrected chi connectivity index (χ0v) is 16.9. The third kappa shape index (κ3) is 3.94. The molecule has 1 fully saturated rings. The Bertz CT molecular complexity index is 894. The molecule has 2 aromatic carbocycles. The highest BCUT2D eigenvalue weighted by Gasteiger charge is 2.30. The van der Waals surface area contributed by atoms with Crippen molar-refractivity contribution in [3.05, 3.63) is 57.4 Å². The van der Waals surface area contributed by atoms with Crippen molar-refractivity contribution in [3.63, 3.8) is 0 Å². The summed E-state index contributed by atoms with van der Waals surface area (Å²) in [5, 5.41) is 0.625. The predicted octanol–water partition coefficient (Wildman–Crippen LogP) is 4.70. The Balaban J connectivity index is 1.91. The number of aliphatic imine (C=N–C) groups is 1. The fourth-order valence-corrected chi connectivity index (χ4v) is 3.73. The second kappa shape index (κ2) is 7.97. The first kappa shape index (κ1) is 18.5. The number of nitrogens with zero attached hydrogens (tertiary/aromatic N) is 2. The van der Waals surface area contributed by atoms with E-state index in [0.717, 1.165) is 21.5 Å². The van der Waals surface area contributed by atoms with Gasteiger partial charge in [0.25, 0.3) is 5.91 Å². The summed E-state index contributed by atoms with van der Waals surface area (Å²) in [6.45, 7) is 0. The van der Waals surface area contributed by atoms with Crippen LogP contribution in [-0.4, -0.2) is 37.2 Å². The van der Waals surface area contributed by atoms with Gasteiger partial charge in [0, 0.05) is 17.1 Å². The van der Waals surface area contributed by atoms with E-state index in [1.54, 1.807) is 26.2 Å². The molecule has 0 atom stereocenters. The number of benzene rings is 2. The van der Waals surface area contributed by atoms with Crippen LogP contribution in [0.2, 0.25) is 0 Å². The minimum Gasteiger partial charge on any atom is -0.497 e. The average molecular weight is 433 g/mol. The SMILES string of the molecule is COc1ccc(N=C2S/C(=C\c3cc(Br)ccc3OC)C(=O)N2C)cc1. The molecule has 1 saturated heterocycles. The molecular formula is C19H17BrN2O3S. The lowest BCUT2D eigenvalue weighted by Crippen LogP contribution is -2.23. The highest BCUT2D eigenvalue weighted by Crippen LogP contribution is 2.35. The molecule has 1 amide bonds. The summed E-state index contributed by atoms with van der Waals surface area (Å²) in [6, 6.07) is 13.0. The van der Waals surface area contributed by atoms with Crippen LogP contribution in [0.15, 0.2) is 56.8 Å². The second-order valence-corrected chi connectivity index (χ2v) is 7.38. The van der Waals surface area contributed by atoms with Crippen molar-refractivity contribution in [1.29, 1.82) is 0 Å². The second-order valence-electron chi connectivity index (χ2n) is 5.45. The minimum absolute atomic E-state index is 0.0932. The van der Waals surface area contributed by atoms with Gasteiger partial charge in [0.05, 0.1) is 24.8 Å². The molecule has 0 N–H and O–H groups in total. The van der Waals surface area contributed by atoms with Crippen LogP contribution >= 0.6 is 27.7 Å². The molecule has 0 radical (unpaired) electrons. The zero-order valence-electron chi connectivity index (χ0n) is 14.5. The van der Waals surface area contributed by atoms with E-state index in [1.807, 2.05) is 48.5 Å². The Morgan fingerprint density at radius 2 is 1.85 bits per heavy atom. The van der Waals surface area contributed by atoms with E-state index < -0.39 is 0 Å². The number of amidine groups is 1. The van der Waals surface area contributed by atoms with E-state index in [0.29, 0.717) is 15.8 Å². The molecule has 0 aromatic heterocycles. The number of hydrogen-bond acceptors (Lipinski definition) is 5. The number of methoxy groups -OCH3 is 2. The van der Waals surface area contributed by atoms with Gasteiger partial charge in [-0.3, -0.25) is 9.69 Å². The number of rotatable bonds is 4. The maximum absolute atomic E-state index is 12.6. The van der Waals surface area contributed by atoms with Gasteiger partial charge in [0.15, 0.2) is 5.17 Å². The van der Waals surface area contributed by atoms with Crippen molar-refractivity contribution in [2.45, 2.75) is 0 Å². The Morgan fingerprint density at radius 3 is 2.50 bits per heavy atom. The summed E-state index contributed by atoms with van der Waals surface area (Å²) in [5.74, 6) is 1.38. The first-order chi connectivity index (χ1) is 12.5. The Labute approximate surface area is 164 Å². The van der Waals surface area contributed by atoms with Crippen molar-refractivity contribution >= 4 is 50.5 Å².